The Labute approximate surface area is 113 Å². The van der Waals surface area contributed by atoms with Crippen LogP contribution < -0.4 is 10.1 Å². The third-order valence-corrected chi connectivity index (χ3v) is 3.00. The Morgan fingerprint density at radius 3 is 2.63 bits per heavy atom. The molecule has 0 aliphatic carbocycles. The summed E-state index contributed by atoms with van der Waals surface area (Å²) in [5.74, 6) is 1.76. The quantitative estimate of drug-likeness (QED) is 0.867. The molecule has 1 aromatic heterocycles. The first kappa shape index (κ1) is 13.6. The highest BCUT2D eigenvalue weighted by atomic mass is 16.5. The van der Waals surface area contributed by atoms with Gasteiger partial charge in [-0.2, -0.15) is 0 Å². The maximum atomic E-state index is 5.17. The average molecular weight is 260 g/mol. The summed E-state index contributed by atoms with van der Waals surface area (Å²) in [5, 5.41) is 7.29. The molecule has 0 amide bonds. The standard InChI is InChI=1S/C15H20N2O2/c1-11(16-10-15-9-12(2)17-19-15)8-13-4-6-14(18-3)7-5-13/h4-7,9,11,16H,8,10H2,1-3H3. The van der Waals surface area contributed by atoms with Crippen LogP contribution >= 0.6 is 0 Å². The van der Waals surface area contributed by atoms with E-state index in [4.69, 9.17) is 9.26 Å². The molecule has 0 saturated carbocycles. The van der Waals surface area contributed by atoms with Gasteiger partial charge in [-0.3, -0.25) is 0 Å². The molecule has 0 saturated heterocycles. The second-order valence-corrected chi connectivity index (χ2v) is 4.77. The summed E-state index contributed by atoms with van der Waals surface area (Å²) in [7, 11) is 1.68. The molecule has 0 bridgehead atoms. The molecule has 0 radical (unpaired) electrons. The average Bonchev–Trinajstić information content (AvgIpc) is 2.83. The Balaban J connectivity index is 1.81. The van der Waals surface area contributed by atoms with Crippen LogP contribution in [0, 0.1) is 6.92 Å². The molecule has 0 aliphatic rings. The van der Waals surface area contributed by atoms with Gasteiger partial charge < -0.3 is 14.6 Å². The van der Waals surface area contributed by atoms with Gasteiger partial charge in [0.1, 0.15) is 5.75 Å². The molecular weight excluding hydrogens is 240 g/mol. The summed E-state index contributed by atoms with van der Waals surface area (Å²) < 4.78 is 10.3. The van der Waals surface area contributed by atoms with Gasteiger partial charge in [-0.15, -0.1) is 0 Å². The van der Waals surface area contributed by atoms with E-state index in [0.29, 0.717) is 12.6 Å². The topological polar surface area (TPSA) is 47.3 Å². The number of nitrogens with one attached hydrogen (secondary N) is 1. The molecule has 102 valence electrons. The number of hydrogen-bond acceptors (Lipinski definition) is 4. The second-order valence-electron chi connectivity index (χ2n) is 4.77. The molecule has 0 aliphatic heterocycles. The third kappa shape index (κ3) is 4.10. The van der Waals surface area contributed by atoms with Crippen LogP contribution in [0.3, 0.4) is 0 Å². The van der Waals surface area contributed by atoms with Crippen molar-refractivity contribution in [3.63, 3.8) is 0 Å². The smallest absolute Gasteiger partial charge is 0.150 e. The van der Waals surface area contributed by atoms with Crippen molar-refractivity contribution >= 4 is 0 Å². The van der Waals surface area contributed by atoms with Crippen molar-refractivity contribution < 1.29 is 9.26 Å². The molecule has 0 fully saturated rings. The van der Waals surface area contributed by atoms with Gasteiger partial charge in [-0.05, 0) is 38.0 Å². The highest BCUT2D eigenvalue weighted by molar-refractivity contribution is 5.27. The van der Waals surface area contributed by atoms with Crippen molar-refractivity contribution in [1.29, 1.82) is 0 Å². The zero-order valence-electron chi connectivity index (χ0n) is 11.6. The Morgan fingerprint density at radius 2 is 2.05 bits per heavy atom. The lowest BCUT2D eigenvalue weighted by Crippen LogP contribution is -2.27. The Kier molecular flexibility index (Phi) is 4.58. The van der Waals surface area contributed by atoms with Gasteiger partial charge in [0.25, 0.3) is 0 Å². The van der Waals surface area contributed by atoms with Crippen LogP contribution in [0.4, 0.5) is 0 Å². The number of hydrogen-bond donors (Lipinski definition) is 1. The van der Waals surface area contributed by atoms with E-state index in [1.165, 1.54) is 5.56 Å². The van der Waals surface area contributed by atoms with Gasteiger partial charge in [0.2, 0.25) is 0 Å². The van der Waals surface area contributed by atoms with Gasteiger partial charge in [-0.25, -0.2) is 0 Å². The summed E-state index contributed by atoms with van der Waals surface area (Å²) in [6, 6.07) is 10.5. The molecule has 0 spiro atoms. The molecule has 4 nitrogen and oxygen atoms in total. The molecule has 2 aromatic rings. The van der Waals surface area contributed by atoms with E-state index in [1.54, 1.807) is 7.11 Å². The largest absolute Gasteiger partial charge is 0.497 e. The maximum absolute atomic E-state index is 5.17. The zero-order chi connectivity index (χ0) is 13.7. The minimum absolute atomic E-state index is 0.374. The SMILES string of the molecule is COc1ccc(CC(C)NCc2cc(C)no2)cc1. The van der Waals surface area contributed by atoms with E-state index >= 15 is 0 Å². The predicted molar refractivity (Wildman–Crippen MR) is 74.2 cm³/mol. The normalized spacial score (nSPS) is 12.4. The Hall–Kier alpha value is -1.81. The van der Waals surface area contributed by atoms with E-state index in [0.717, 1.165) is 23.6 Å². The van der Waals surface area contributed by atoms with Gasteiger partial charge in [0, 0.05) is 12.1 Å². The van der Waals surface area contributed by atoms with Crippen LogP contribution in [-0.2, 0) is 13.0 Å². The molecule has 1 N–H and O–H groups in total. The van der Waals surface area contributed by atoms with Crippen molar-refractivity contribution in [2.45, 2.75) is 32.9 Å². The number of aryl methyl sites for hydroxylation is 1. The van der Waals surface area contributed by atoms with E-state index in [2.05, 4.69) is 29.5 Å². The van der Waals surface area contributed by atoms with Crippen LogP contribution in [0.25, 0.3) is 0 Å². The highest BCUT2D eigenvalue weighted by Crippen LogP contribution is 2.12. The molecule has 1 unspecified atom stereocenters. The lowest BCUT2D eigenvalue weighted by Gasteiger charge is -2.12. The Bertz CT molecular complexity index is 505. The third-order valence-electron chi connectivity index (χ3n) is 3.00. The fourth-order valence-corrected chi connectivity index (χ4v) is 1.96. The number of nitrogens with zero attached hydrogens (tertiary/aromatic N) is 1. The second kappa shape index (κ2) is 6.38. The summed E-state index contributed by atoms with van der Waals surface area (Å²) in [5.41, 5.74) is 2.20. The first-order valence-corrected chi connectivity index (χ1v) is 6.46. The molecule has 1 heterocycles. The summed E-state index contributed by atoms with van der Waals surface area (Å²) in [6.45, 7) is 4.79. The molecule has 1 atom stereocenters. The summed E-state index contributed by atoms with van der Waals surface area (Å²) in [6.07, 6.45) is 0.969. The van der Waals surface area contributed by atoms with Crippen LogP contribution in [0.2, 0.25) is 0 Å². The maximum Gasteiger partial charge on any atom is 0.150 e. The number of aromatic nitrogens is 1. The lowest BCUT2D eigenvalue weighted by molar-refractivity contribution is 0.362. The van der Waals surface area contributed by atoms with E-state index < -0.39 is 0 Å². The van der Waals surface area contributed by atoms with E-state index in [1.807, 2.05) is 25.1 Å². The fraction of sp³-hybridized carbons (Fsp3) is 0.400. The zero-order valence-corrected chi connectivity index (χ0v) is 11.6. The Morgan fingerprint density at radius 1 is 1.32 bits per heavy atom. The summed E-state index contributed by atoms with van der Waals surface area (Å²) >= 11 is 0. The molecular formula is C15H20N2O2. The minimum Gasteiger partial charge on any atom is -0.497 e. The van der Waals surface area contributed by atoms with Crippen molar-refractivity contribution in [1.82, 2.24) is 10.5 Å². The molecule has 2 rings (SSSR count). The van der Waals surface area contributed by atoms with Crippen molar-refractivity contribution in [2.75, 3.05) is 7.11 Å². The van der Waals surface area contributed by atoms with Crippen LogP contribution in [0.5, 0.6) is 5.75 Å². The summed E-state index contributed by atoms with van der Waals surface area (Å²) in [4.78, 5) is 0. The van der Waals surface area contributed by atoms with Crippen molar-refractivity contribution in [3.05, 3.63) is 47.3 Å². The monoisotopic (exact) mass is 260 g/mol. The van der Waals surface area contributed by atoms with Gasteiger partial charge in [-0.1, -0.05) is 17.3 Å². The van der Waals surface area contributed by atoms with Crippen LogP contribution in [-0.4, -0.2) is 18.3 Å². The molecule has 4 heteroatoms. The first-order valence-electron chi connectivity index (χ1n) is 6.46. The number of benzene rings is 1. The molecule has 1 aromatic carbocycles. The van der Waals surface area contributed by atoms with E-state index in [9.17, 15) is 0 Å². The highest BCUT2D eigenvalue weighted by Gasteiger charge is 2.06. The van der Waals surface area contributed by atoms with Crippen LogP contribution in [0.1, 0.15) is 23.9 Å². The lowest BCUT2D eigenvalue weighted by atomic mass is 10.1. The fourth-order valence-electron chi connectivity index (χ4n) is 1.96. The molecule has 19 heavy (non-hydrogen) atoms. The predicted octanol–water partition coefficient (Wildman–Crippen LogP) is 2.71. The number of methoxy groups -OCH3 is 1. The number of ether oxygens (including phenoxy) is 1. The minimum atomic E-state index is 0.374. The van der Waals surface area contributed by atoms with Gasteiger partial charge in [0.15, 0.2) is 5.76 Å². The number of rotatable bonds is 6. The van der Waals surface area contributed by atoms with Crippen molar-refractivity contribution in [2.24, 2.45) is 0 Å². The first-order chi connectivity index (χ1) is 9.17. The van der Waals surface area contributed by atoms with Gasteiger partial charge in [0.05, 0.1) is 19.3 Å². The van der Waals surface area contributed by atoms with Gasteiger partial charge >= 0.3 is 0 Å². The van der Waals surface area contributed by atoms with Crippen LogP contribution in [0.15, 0.2) is 34.9 Å². The van der Waals surface area contributed by atoms with E-state index in [-0.39, 0.29) is 0 Å². The van der Waals surface area contributed by atoms with Crippen molar-refractivity contribution in [3.8, 4) is 5.75 Å².